The Morgan fingerprint density at radius 3 is 2.38 bits per heavy atom. The van der Waals surface area contributed by atoms with Gasteiger partial charge >= 0.3 is 5.97 Å². The van der Waals surface area contributed by atoms with Crippen molar-refractivity contribution in [3.8, 4) is 0 Å². The molecule has 0 aliphatic heterocycles. The molecule has 0 aromatic heterocycles. The molecule has 0 aromatic carbocycles. The van der Waals surface area contributed by atoms with E-state index < -0.39 is 5.97 Å². The van der Waals surface area contributed by atoms with E-state index >= 15 is 0 Å². The normalized spacial score (nSPS) is 11.2. The highest BCUT2D eigenvalue weighted by molar-refractivity contribution is 5.66. The van der Waals surface area contributed by atoms with Crippen LogP contribution in [0, 0.1) is 0 Å². The molecule has 0 bridgehead atoms. The highest BCUT2D eigenvalue weighted by atomic mass is 16.4. The predicted octanol–water partition coefficient (Wildman–Crippen LogP) is 1.97. The molecule has 0 radical (unpaired) electrons. The van der Waals surface area contributed by atoms with Gasteiger partial charge in [-0.25, -0.2) is 0 Å². The first-order chi connectivity index (χ1) is 6.04. The summed E-state index contributed by atoms with van der Waals surface area (Å²) in [7, 11) is 2.10. The molecule has 3 nitrogen and oxygen atoms in total. The van der Waals surface area contributed by atoms with E-state index in [-0.39, 0.29) is 0 Å². The van der Waals surface area contributed by atoms with Crippen molar-refractivity contribution in [3.05, 3.63) is 0 Å². The smallest absolute Gasteiger partial charge is 0.303 e. The maximum Gasteiger partial charge on any atom is 0.303 e. The molecular weight excluding hydrogens is 166 g/mol. The summed E-state index contributed by atoms with van der Waals surface area (Å²) in [5.41, 5.74) is 0. The molecule has 0 aliphatic rings. The van der Waals surface area contributed by atoms with Gasteiger partial charge < -0.3 is 10.0 Å². The first-order valence-electron chi connectivity index (χ1n) is 4.96. The van der Waals surface area contributed by atoms with E-state index in [2.05, 4.69) is 25.8 Å². The average molecular weight is 187 g/mol. The molecule has 0 fully saturated rings. The van der Waals surface area contributed by atoms with E-state index in [1.165, 1.54) is 0 Å². The van der Waals surface area contributed by atoms with Crippen molar-refractivity contribution in [2.24, 2.45) is 0 Å². The molecule has 0 heterocycles. The van der Waals surface area contributed by atoms with Crippen molar-refractivity contribution in [1.82, 2.24) is 4.90 Å². The highest BCUT2D eigenvalue weighted by Crippen LogP contribution is 2.02. The van der Waals surface area contributed by atoms with Crippen LogP contribution in [0.1, 0.15) is 39.5 Å². The van der Waals surface area contributed by atoms with Gasteiger partial charge in [-0.3, -0.25) is 4.79 Å². The average Bonchev–Trinajstić information content (AvgIpc) is 2.02. The molecule has 0 amide bonds. The van der Waals surface area contributed by atoms with Gasteiger partial charge in [0.25, 0.3) is 0 Å². The zero-order valence-electron chi connectivity index (χ0n) is 8.92. The van der Waals surface area contributed by atoms with Gasteiger partial charge in [0.1, 0.15) is 0 Å². The second-order valence-electron chi connectivity index (χ2n) is 3.78. The summed E-state index contributed by atoms with van der Waals surface area (Å²) in [6.07, 6.45) is 3.23. The van der Waals surface area contributed by atoms with E-state index in [1.54, 1.807) is 0 Å². The van der Waals surface area contributed by atoms with E-state index in [0.717, 1.165) is 25.8 Å². The van der Waals surface area contributed by atoms with E-state index in [0.29, 0.717) is 12.5 Å². The van der Waals surface area contributed by atoms with Gasteiger partial charge in [0.15, 0.2) is 0 Å². The Bertz CT molecular complexity index is 146. The quantitative estimate of drug-likeness (QED) is 0.619. The lowest BCUT2D eigenvalue weighted by Gasteiger charge is -2.20. The highest BCUT2D eigenvalue weighted by Gasteiger charge is 2.02. The van der Waals surface area contributed by atoms with Crippen LogP contribution in [0.4, 0.5) is 0 Å². The zero-order chi connectivity index (χ0) is 10.3. The van der Waals surface area contributed by atoms with Gasteiger partial charge in [-0.1, -0.05) is 6.42 Å². The summed E-state index contributed by atoms with van der Waals surface area (Å²) in [5.74, 6) is -0.683. The lowest BCUT2D eigenvalue weighted by molar-refractivity contribution is -0.137. The third-order valence-electron chi connectivity index (χ3n) is 2.28. The Morgan fingerprint density at radius 2 is 1.92 bits per heavy atom. The Labute approximate surface area is 80.7 Å². The Morgan fingerprint density at radius 1 is 1.31 bits per heavy atom. The largest absolute Gasteiger partial charge is 0.481 e. The van der Waals surface area contributed by atoms with Crippen molar-refractivity contribution < 1.29 is 9.90 Å². The van der Waals surface area contributed by atoms with Crippen LogP contribution < -0.4 is 0 Å². The van der Waals surface area contributed by atoms with Gasteiger partial charge in [-0.15, -0.1) is 0 Å². The lowest BCUT2D eigenvalue weighted by Crippen LogP contribution is -2.27. The van der Waals surface area contributed by atoms with Crippen LogP contribution in [0.5, 0.6) is 0 Å². The minimum Gasteiger partial charge on any atom is -0.481 e. The molecule has 13 heavy (non-hydrogen) atoms. The number of carbonyl (C=O) groups is 1. The summed E-state index contributed by atoms with van der Waals surface area (Å²) in [5, 5.41) is 8.40. The zero-order valence-corrected chi connectivity index (χ0v) is 8.92. The predicted molar refractivity (Wildman–Crippen MR) is 53.9 cm³/mol. The molecule has 0 aromatic rings. The molecule has 0 spiro atoms. The SMILES string of the molecule is CC(C)N(C)CCCCCC(=O)O. The van der Waals surface area contributed by atoms with Crippen LogP contribution in [0.3, 0.4) is 0 Å². The number of hydrogen-bond acceptors (Lipinski definition) is 2. The molecule has 0 unspecified atom stereocenters. The van der Waals surface area contributed by atoms with Crippen molar-refractivity contribution in [2.75, 3.05) is 13.6 Å². The fourth-order valence-corrected chi connectivity index (χ4v) is 1.07. The first-order valence-corrected chi connectivity index (χ1v) is 4.96. The summed E-state index contributed by atoms with van der Waals surface area (Å²) in [6.45, 7) is 5.39. The molecule has 0 rings (SSSR count). The van der Waals surface area contributed by atoms with Gasteiger partial charge in [0.2, 0.25) is 0 Å². The van der Waals surface area contributed by atoms with Crippen molar-refractivity contribution in [2.45, 2.75) is 45.6 Å². The van der Waals surface area contributed by atoms with Gasteiger partial charge in [0, 0.05) is 12.5 Å². The molecule has 0 saturated carbocycles. The second-order valence-corrected chi connectivity index (χ2v) is 3.78. The summed E-state index contributed by atoms with van der Waals surface area (Å²) < 4.78 is 0. The minimum atomic E-state index is -0.683. The Balaban J connectivity index is 3.21. The molecular formula is C10H21NO2. The number of hydrogen-bond donors (Lipinski definition) is 1. The number of nitrogens with zero attached hydrogens (tertiary/aromatic N) is 1. The summed E-state index contributed by atoms with van der Waals surface area (Å²) in [6, 6.07) is 0.583. The third kappa shape index (κ3) is 7.78. The Hall–Kier alpha value is -0.570. The fraction of sp³-hybridized carbons (Fsp3) is 0.900. The monoisotopic (exact) mass is 187 g/mol. The third-order valence-corrected chi connectivity index (χ3v) is 2.28. The second kappa shape index (κ2) is 6.89. The molecule has 0 atom stereocenters. The lowest BCUT2D eigenvalue weighted by atomic mass is 10.2. The first kappa shape index (κ1) is 12.4. The maximum atomic E-state index is 10.2. The van der Waals surface area contributed by atoms with Crippen molar-refractivity contribution >= 4 is 5.97 Å². The number of rotatable bonds is 7. The maximum absolute atomic E-state index is 10.2. The summed E-state index contributed by atoms with van der Waals surface area (Å²) >= 11 is 0. The minimum absolute atomic E-state index is 0.311. The van der Waals surface area contributed by atoms with Crippen LogP contribution in [-0.2, 0) is 4.79 Å². The number of carboxylic acid groups (broad SMARTS) is 1. The van der Waals surface area contributed by atoms with Crippen molar-refractivity contribution in [1.29, 1.82) is 0 Å². The van der Waals surface area contributed by atoms with Crippen LogP contribution in [0.15, 0.2) is 0 Å². The number of unbranched alkanes of at least 4 members (excludes halogenated alkanes) is 2. The standard InChI is InChI=1S/C10H21NO2/c1-9(2)11(3)8-6-4-5-7-10(12)13/h9H,4-8H2,1-3H3,(H,12,13). The van der Waals surface area contributed by atoms with Crippen LogP contribution >= 0.6 is 0 Å². The Kier molecular flexibility index (Phi) is 6.59. The molecule has 0 aliphatic carbocycles. The van der Waals surface area contributed by atoms with Gasteiger partial charge in [0.05, 0.1) is 0 Å². The van der Waals surface area contributed by atoms with Gasteiger partial charge in [-0.2, -0.15) is 0 Å². The topological polar surface area (TPSA) is 40.5 Å². The van der Waals surface area contributed by atoms with Gasteiger partial charge in [-0.05, 0) is 40.3 Å². The van der Waals surface area contributed by atoms with Crippen LogP contribution in [0.25, 0.3) is 0 Å². The molecule has 3 heteroatoms. The van der Waals surface area contributed by atoms with Crippen LogP contribution in [-0.4, -0.2) is 35.6 Å². The van der Waals surface area contributed by atoms with E-state index in [9.17, 15) is 4.79 Å². The number of carboxylic acids is 1. The van der Waals surface area contributed by atoms with Crippen molar-refractivity contribution in [3.63, 3.8) is 0 Å². The molecule has 78 valence electrons. The summed E-state index contributed by atoms with van der Waals surface area (Å²) in [4.78, 5) is 12.5. The fourth-order valence-electron chi connectivity index (χ4n) is 1.07. The van der Waals surface area contributed by atoms with E-state index in [1.807, 2.05) is 0 Å². The molecule has 1 N–H and O–H groups in total. The van der Waals surface area contributed by atoms with E-state index in [4.69, 9.17) is 5.11 Å². The molecule has 0 saturated heterocycles. The number of aliphatic carboxylic acids is 1. The van der Waals surface area contributed by atoms with Crippen LogP contribution in [0.2, 0.25) is 0 Å².